The third-order valence-corrected chi connectivity index (χ3v) is 14.1. The van der Waals surface area contributed by atoms with E-state index in [0.29, 0.717) is 77.6 Å². The van der Waals surface area contributed by atoms with Crippen molar-refractivity contribution in [2.75, 3.05) is 68.7 Å². The van der Waals surface area contributed by atoms with Gasteiger partial charge < -0.3 is 76.3 Å². The van der Waals surface area contributed by atoms with Crippen LogP contribution in [0.2, 0.25) is 0 Å². The first-order chi connectivity index (χ1) is 41.4. The summed E-state index contributed by atoms with van der Waals surface area (Å²) >= 11 is 9.33. The molecule has 450 valence electrons. The Morgan fingerprint density at radius 2 is 1.45 bits per heavy atom. The van der Waals surface area contributed by atoms with Crippen LogP contribution in [-0.2, 0) is 56.1 Å². The quantitative estimate of drug-likeness (QED) is 0.0145. The van der Waals surface area contributed by atoms with Crippen LogP contribution in [0.3, 0.4) is 0 Å². The van der Waals surface area contributed by atoms with Crippen LogP contribution >= 0.6 is 24.8 Å². The van der Waals surface area contributed by atoms with E-state index in [2.05, 4.69) is 49.5 Å². The molecule has 26 nitrogen and oxygen atoms in total. The number of hydrogen-bond acceptors (Lipinski definition) is 18. The van der Waals surface area contributed by atoms with E-state index in [1.807, 2.05) is 36.4 Å². The van der Waals surface area contributed by atoms with Crippen molar-refractivity contribution in [1.29, 1.82) is 0 Å². The lowest BCUT2D eigenvalue weighted by Gasteiger charge is -2.28. The van der Waals surface area contributed by atoms with Gasteiger partial charge in [-0.2, -0.15) is 12.6 Å². The highest BCUT2D eigenvalue weighted by Gasteiger charge is 2.32. The van der Waals surface area contributed by atoms with Gasteiger partial charge in [-0.05, 0) is 65.8 Å². The third kappa shape index (κ3) is 15.9. The maximum atomic E-state index is 14.1. The van der Waals surface area contributed by atoms with Crippen LogP contribution in [0, 0.1) is 0 Å². The highest BCUT2D eigenvalue weighted by Crippen LogP contribution is 2.43. The number of anilines is 2. The number of para-hydroxylation sites is 1. The van der Waals surface area contributed by atoms with E-state index in [1.54, 1.807) is 46.0 Å². The minimum Gasteiger partial charge on any atom is -0.508 e. The van der Waals surface area contributed by atoms with Gasteiger partial charge in [0.25, 0.3) is 0 Å². The normalized spacial score (nSPS) is 12.7. The number of aromatic carboxylic acids is 1. The Bertz CT molecular complexity index is 3710. The number of nitrogens with zero attached hydrogens (tertiary/aromatic N) is 4. The number of hydrogen-bond donors (Lipinski definition) is 11. The number of thiocarbonyl (C=S) groups is 1. The lowest BCUT2D eigenvalue weighted by Crippen LogP contribution is -2.57. The summed E-state index contributed by atoms with van der Waals surface area (Å²) in [5, 5.41) is 61.6. The fraction of sp³-hybridized carbons (Fsp3) is 0.293. The smallest absolute Gasteiger partial charge is 0.336 e. The number of carboxylic acids is 3. The fourth-order valence-electron chi connectivity index (χ4n) is 9.35. The number of carboxylic acid groups (broad SMARTS) is 3. The van der Waals surface area contributed by atoms with E-state index in [-0.39, 0.29) is 78.2 Å². The lowest BCUT2D eigenvalue weighted by atomic mass is 9.90. The van der Waals surface area contributed by atoms with Crippen molar-refractivity contribution in [3.8, 4) is 50.7 Å². The molecule has 0 fully saturated rings. The topological polar surface area (TPSA) is 378 Å². The maximum Gasteiger partial charge on any atom is 0.336 e. The Hall–Kier alpha value is -9.32. The average molecular weight is 1220 g/mol. The van der Waals surface area contributed by atoms with Crippen molar-refractivity contribution in [2.45, 2.75) is 50.5 Å². The predicted octanol–water partition coefficient (Wildman–Crippen LogP) is 3.46. The van der Waals surface area contributed by atoms with E-state index < -0.39 is 72.6 Å². The van der Waals surface area contributed by atoms with E-state index >= 15 is 0 Å². The number of benzene rings is 5. The third-order valence-electron chi connectivity index (χ3n) is 13.5. The van der Waals surface area contributed by atoms with Crippen LogP contribution in [0.15, 0.2) is 112 Å². The largest absolute Gasteiger partial charge is 0.508 e. The molecule has 0 radical (unpaired) electrons. The molecule has 1 aromatic heterocycles. The molecule has 5 aromatic rings. The molecule has 0 spiro atoms. The van der Waals surface area contributed by atoms with Crippen LogP contribution in [0.5, 0.6) is 5.75 Å². The number of phenols is 1. The molecule has 1 aliphatic carbocycles. The first-order valence-corrected chi connectivity index (χ1v) is 27.9. The molecular weight excluding hydrogens is 1160 g/mol. The number of amides is 4. The summed E-state index contributed by atoms with van der Waals surface area (Å²) in [5.74, 6) is -7.28. The Labute approximate surface area is 500 Å². The minimum atomic E-state index is -1.68. The molecule has 3 aliphatic rings. The number of aromatic nitrogens is 3. The summed E-state index contributed by atoms with van der Waals surface area (Å²) in [5.41, 5.74) is 11.7. The average Bonchev–Trinajstić information content (AvgIpc) is 1.45. The highest BCUT2D eigenvalue weighted by molar-refractivity contribution is 7.80. The van der Waals surface area contributed by atoms with Gasteiger partial charge in [0, 0.05) is 77.1 Å². The molecule has 0 unspecified atom stereocenters. The maximum absolute atomic E-state index is 14.1. The standard InChI is InChI=1S/C58H60N10O16S2/c59-42(54(75)63-43(28-50(73)74)55(76)64-44(31-85)57(79)80)29-61-48(71)15-16-49(72)67-30-32-5-1-2-6-36(32)53-52(38-7-3-4-8-45(38)67)65-66-68(53)18-20-82-22-24-83-23-21-81-19-17-60-58(86)62-33-9-12-37(41(25-33)56(77)78)51-39-13-10-34(69)26-46(39)84-47-27-35(70)11-14-40(47)51/h1-14,25-27,42-44,69,85H,15-24,28-31,59H2,(H,61,71)(H,63,75)(H,64,76)(H,73,74)(H,77,78)(H,79,80)(H2,60,62,86)/t42-,43-,44-/m1/s1. The second-order valence-corrected chi connectivity index (χ2v) is 20.2. The number of nitrogens with one attached hydrogen (secondary N) is 5. The molecule has 11 N–H and O–H groups in total. The van der Waals surface area contributed by atoms with E-state index in [0.717, 1.165) is 16.8 Å². The molecule has 4 amide bonds. The van der Waals surface area contributed by atoms with Crippen LogP contribution in [0.4, 0.5) is 11.4 Å². The number of nitrogens with two attached hydrogens (primary N) is 1. The molecule has 2 aliphatic heterocycles. The first-order valence-electron chi connectivity index (χ1n) is 26.9. The number of ether oxygens (including phenoxy) is 3. The number of phenolic OH excluding ortho intramolecular Hbond substituents is 1. The highest BCUT2D eigenvalue weighted by atomic mass is 32.1. The van der Waals surface area contributed by atoms with Crippen LogP contribution < -0.4 is 42.6 Å². The van der Waals surface area contributed by atoms with Crippen molar-refractivity contribution in [1.82, 2.24) is 36.3 Å². The SMILES string of the molecule is N[C@H](CNC(=O)CCC(=O)N1Cc2ccccc2-c2c(nnn2CCOCCOCCOCCNC(=S)Nc2ccc(-c3c4ccc(=O)cc-4oc4cc(O)ccc34)c(C(=O)O)c2)-c2ccccc21)C(=O)N[C@H](CC(=O)O)C(=O)N[C@H](CS)C(=O)O. The minimum absolute atomic E-state index is 0.0333. The zero-order valence-electron chi connectivity index (χ0n) is 45.9. The lowest BCUT2D eigenvalue weighted by molar-refractivity contribution is -0.143. The molecule has 28 heteroatoms. The summed E-state index contributed by atoms with van der Waals surface area (Å²) in [6.07, 6.45) is -1.42. The fourth-order valence-corrected chi connectivity index (χ4v) is 9.81. The van der Waals surface area contributed by atoms with Gasteiger partial charge >= 0.3 is 17.9 Å². The monoisotopic (exact) mass is 1220 g/mol. The van der Waals surface area contributed by atoms with Crippen LogP contribution in [0.25, 0.3) is 55.9 Å². The number of aromatic hydroxyl groups is 1. The van der Waals surface area contributed by atoms with Gasteiger partial charge in [0.05, 0.1) is 76.1 Å². The Morgan fingerprint density at radius 1 is 0.756 bits per heavy atom. The molecular formula is C58H60N10O16S2. The molecule has 0 saturated carbocycles. The van der Waals surface area contributed by atoms with Gasteiger partial charge in [-0.25, -0.2) is 14.3 Å². The zero-order chi connectivity index (χ0) is 61.4. The van der Waals surface area contributed by atoms with Crippen molar-refractivity contribution in [2.24, 2.45) is 5.73 Å². The summed E-state index contributed by atoms with van der Waals surface area (Å²) in [7, 11) is 0. The molecule has 3 heterocycles. The summed E-state index contributed by atoms with van der Waals surface area (Å²) in [4.78, 5) is 102. The van der Waals surface area contributed by atoms with Gasteiger partial charge in [-0.3, -0.25) is 28.8 Å². The number of fused-ring (bicyclic) bond motifs is 7. The zero-order valence-corrected chi connectivity index (χ0v) is 47.6. The molecule has 3 atom stereocenters. The van der Waals surface area contributed by atoms with Gasteiger partial charge in [-0.1, -0.05) is 53.7 Å². The van der Waals surface area contributed by atoms with Gasteiger partial charge in [0.1, 0.15) is 40.9 Å². The first kappa shape index (κ1) is 62.7. The Kier molecular flexibility index (Phi) is 21.5. The van der Waals surface area contributed by atoms with Gasteiger partial charge in [-0.15, -0.1) is 5.10 Å². The summed E-state index contributed by atoms with van der Waals surface area (Å²) in [6, 6.07) is 23.7. The van der Waals surface area contributed by atoms with E-state index in [1.165, 1.54) is 30.3 Å². The van der Waals surface area contributed by atoms with Crippen molar-refractivity contribution < 1.29 is 72.6 Å². The van der Waals surface area contributed by atoms with Crippen LogP contribution in [-0.4, -0.2) is 159 Å². The molecule has 0 bridgehead atoms. The van der Waals surface area contributed by atoms with Crippen molar-refractivity contribution in [3.05, 3.63) is 124 Å². The molecule has 0 saturated heterocycles. The van der Waals surface area contributed by atoms with E-state index in [4.69, 9.17) is 36.6 Å². The summed E-state index contributed by atoms with van der Waals surface area (Å²) < 4.78 is 25.0. The number of carbonyl (C=O) groups excluding carboxylic acids is 4. The molecule has 86 heavy (non-hydrogen) atoms. The number of rotatable bonds is 28. The van der Waals surface area contributed by atoms with Gasteiger partial charge in [0.15, 0.2) is 10.5 Å². The van der Waals surface area contributed by atoms with Gasteiger partial charge in [0.2, 0.25) is 23.6 Å². The van der Waals surface area contributed by atoms with Crippen molar-refractivity contribution in [3.63, 3.8) is 0 Å². The number of thiol groups is 1. The second-order valence-electron chi connectivity index (χ2n) is 19.4. The van der Waals surface area contributed by atoms with Crippen molar-refractivity contribution >= 4 is 93.8 Å². The summed E-state index contributed by atoms with van der Waals surface area (Å²) in [6.45, 7) is 2.10. The predicted molar refractivity (Wildman–Crippen MR) is 320 cm³/mol. The van der Waals surface area contributed by atoms with Crippen LogP contribution in [0.1, 0.15) is 35.2 Å². The Balaban J connectivity index is 0.761. The number of aliphatic carboxylic acids is 2. The second kappa shape index (κ2) is 29.5. The van der Waals surface area contributed by atoms with E-state index in [9.17, 15) is 58.8 Å². The number of carbonyl (C=O) groups is 7. The Morgan fingerprint density at radius 3 is 2.19 bits per heavy atom. The molecule has 8 rings (SSSR count). The molecule has 4 aromatic carbocycles.